The molecule has 2 aliphatic heterocycles. The highest BCUT2D eigenvalue weighted by Gasteiger charge is 2.27. The molecule has 0 saturated carbocycles. The molecule has 0 saturated heterocycles. The lowest BCUT2D eigenvalue weighted by molar-refractivity contribution is -0.123. The first-order valence-corrected chi connectivity index (χ1v) is 8.42. The van der Waals surface area contributed by atoms with Crippen LogP contribution in [0.2, 0.25) is 0 Å². The molecule has 134 valence electrons. The topological polar surface area (TPSA) is 77.1 Å². The minimum Gasteiger partial charge on any atom is -0.490 e. The van der Waals surface area contributed by atoms with Crippen molar-refractivity contribution in [2.45, 2.75) is 6.42 Å². The van der Waals surface area contributed by atoms with Crippen molar-refractivity contribution in [1.29, 1.82) is 0 Å². The van der Waals surface area contributed by atoms with Crippen molar-refractivity contribution in [2.75, 3.05) is 36.6 Å². The number of hydrogen-bond donors (Lipinski definition) is 1. The molecule has 1 N–H and O–H groups in total. The van der Waals surface area contributed by atoms with Gasteiger partial charge in [0.2, 0.25) is 5.91 Å². The van der Waals surface area contributed by atoms with Crippen molar-refractivity contribution in [2.24, 2.45) is 0 Å². The average molecular weight is 354 g/mol. The highest BCUT2D eigenvalue weighted by molar-refractivity contribution is 6.05. The van der Waals surface area contributed by atoms with Gasteiger partial charge in [-0.05, 0) is 24.3 Å². The van der Waals surface area contributed by atoms with Crippen LogP contribution in [0.1, 0.15) is 6.42 Å². The summed E-state index contributed by atoms with van der Waals surface area (Å²) in [7, 11) is 0. The summed E-state index contributed by atoms with van der Waals surface area (Å²) in [5, 5.41) is 2.80. The second-order valence-electron chi connectivity index (χ2n) is 6.00. The smallest absolute Gasteiger partial charge is 0.265 e. The summed E-state index contributed by atoms with van der Waals surface area (Å²) >= 11 is 0. The van der Waals surface area contributed by atoms with Crippen molar-refractivity contribution < 1.29 is 23.8 Å². The van der Waals surface area contributed by atoms with Gasteiger partial charge in [0.05, 0.1) is 18.9 Å². The Morgan fingerprint density at radius 3 is 2.69 bits per heavy atom. The molecule has 0 unspecified atom stereocenters. The van der Waals surface area contributed by atoms with Crippen molar-refractivity contribution in [1.82, 2.24) is 0 Å². The fraction of sp³-hybridized carbons (Fsp3) is 0.263. The number of carbonyl (C=O) groups excluding carboxylic acids is 2. The first kappa shape index (κ1) is 16.3. The van der Waals surface area contributed by atoms with Gasteiger partial charge in [0.1, 0.15) is 12.3 Å². The molecule has 2 heterocycles. The SMILES string of the molecule is O=C(CN1C(=O)COc2ccccc21)Nc1ccc2c(c1)OCCCO2. The predicted octanol–water partition coefficient (Wildman–Crippen LogP) is 2.21. The zero-order valence-electron chi connectivity index (χ0n) is 14.1. The van der Waals surface area contributed by atoms with Crippen LogP contribution in [0.3, 0.4) is 0 Å². The normalized spacial score (nSPS) is 15.5. The summed E-state index contributed by atoms with van der Waals surface area (Å²) in [4.78, 5) is 26.0. The van der Waals surface area contributed by atoms with Crippen LogP contribution >= 0.6 is 0 Å². The molecule has 2 aromatic carbocycles. The Bertz CT molecular complexity index is 852. The van der Waals surface area contributed by atoms with E-state index in [0.717, 1.165) is 6.42 Å². The second-order valence-corrected chi connectivity index (χ2v) is 6.00. The van der Waals surface area contributed by atoms with E-state index in [0.29, 0.717) is 41.8 Å². The number of ether oxygens (including phenoxy) is 3. The summed E-state index contributed by atoms with van der Waals surface area (Å²) in [6.07, 6.45) is 0.814. The van der Waals surface area contributed by atoms with Crippen molar-refractivity contribution in [3.05, 3.63) is 42.5 Å². The molecule has 7 nitrogen and oxygen atoms in total. The standard InChI is InChI=1S/C19H18N2O5/c22-18(11-21-14-4-1-2-5-15(14)26-12-19(21)23)20-13-6-7-16-17(10-13)25-9-3-8-24-16/h1-2,4-7,10H,3,8-9,11-12H2,(H,20,22). The predicted molar refractivity (Wildman–Crippen MR) is 95.0 cm³/mol. The molecule has 0 aromatic heterocycles. The molecule has 7 heteroatoms. The third-order valence-electron chi connectivity index (χ3n) is 4.14. The van der Waals surface area contributed by atoms with Gasteiger partial charge in [-0.15, -0.1) is 0 Å². The Labute approximate surface area is 150 Å². The van der Waals surface area contributed by atoms with Gasteiger partial charge < -0.3 is 19.5 Å². The largest absolute Gasteiger partial charge is 0.490 e. The van der Waals surface area contributed by atoms with Crippen LogP contribution in [-0.2, 0) is 9.59 Å². The molecule has 0 fully saturated rings. The molecule has 0 atom stereocenters. The van der Waals surface area contributed by atoms with E-state index in [4.69, 9.17) is 14.2 Å². The first-order valence-electron chi connectivity index (χ1n) is 8.42. The van der Waals surface area contributed by atoms with E-state index in [1.807, 2.05) is 6.07 Å². The summed E-state index contributed by atoms with van der Waals surface area (Å²) < 4.78 is 16.6. The zero-order chi connectivity index (χ0) is 17.9. The molecule has 26 heavy (non-hydrogen) atoms. The third-order valence-corrected chi connectivity index (χ3v) is 4.14. The van der Waals surface area contributed by atoms with Crippen molar-refractivity contribution in [3.8, 4) is 17.2 Å². The highest BCUT2D eigenvalue weighted by atomic mass is 16.5. The molecule has 2 aromatic rings. The number of hydrogen-bond acceptors (Lipinski definition) is 5. The van der Waals surface area contributed by atoms with Crippen molar-refractivity contribution >= 4 is 23.2 Å². The van der Waals surface area contributed by atoms with E-state index in [-0.39, 0.29) is 25.0 Å². The van der Waals surface area contributed by atoms with E-state index in [2.05, 4.69) is 5.32 Å². The number of amides is 2. The molecular weight excluding hydrogens is 336 g/mol. The number of nitrogens with zero attached hydrogens (tertiary/aromatic N) is 1. The lowest BCUT2D eigenvalue weighted by Gasteiger charge is -2.28. The average Bonchev–Trinajstić information content (AvgIpc) is 2.89. The molecule has 0 spiro atoms. The van der Waals surface area contributed by atoms with Gasteiger partial charge in [-0.3, -0.25) is 14.5 Å². The Kier molecular flexibility index (Phi) is 4.35. The van der Waals surface area contributed by atoms with E-state index in [1.165, 1.54) is 4.90 Å². The number of nitrogens with one attached hydrogen (secondary N) is 1. The van der Waals surface area contributed by atoms with Crippen molar-refractivity contribution in [3.63, 3.8) is 0 Å². The molecule has 4 rings (SSSR count). The Hall–Kier alpha value is -3.22. The van der Waals surface area contributed by atoms with Gasteiger partial charge in [0.25, 0.3) is 5.91 Å². The van der Waals surface area contributed by atoms with Crippen LogP contribution in [0, 0.1) is 0 Å². The maximum atomic E-state index is 12.5. The maximum absolute atomic E-state index is 12.5. The lowest BCUT2D eigenvalue weighted by Crippen LogP contribution is -2.43. The molecule has 0 bridgehead atoms. The lowest BCUT2D eigenvalue weighted by atomic mass is 10.2. The fourth-order valence-electron chi connectivity index (χ4n) is 2.91. The van der Waals surface area contributed by atoms with Gasteiger partial charge in [0, 0.05) is 18.2 Å². The van der Waals surface area contributed by atoms with Gasteiger partial charge in [-0.2, -0.15) is 0 Å². The first-order chi connectivity index (χ1) is 12.7. The number of fused-ring (bicyclic) bond motifs is 2. The highest BCUT2D eigenvalue weighted by Crippen LogP contribution is 2.33. The maximum Gasteiger partial charge on any atom is 0.265 e. The molecular formula is C19H18N2O5. The van der Waals surface area contributed by atoms with Gasteiger partial charge >= 0.3 is 0 Å². The van der Waals surface area contributed by atoms with E-state index in [1.54, 1.807) is 36.4 Å². The fourth-order valence-corrected chi connectivity index (χ4v) is 2.91. The van der Waals surface area contributed by atoms with Crippen LogP contribution < -0.4 is 24.4 Å². The number of rotatable bonds is 3. The van der Waals surface area contributed by atoms with Gasteiger partial charge in [0.15, 0.2) is 18.1 Å². The van der Waals surface area contributed by atoms with Crippen LogP contribution in [0.4, 0.5) is 11.4 Å². The summed E-state index contributed by atoms with van der Waals surface area (Å²) in [6, 6.07) is 12.4. The Balaban J connectivity index is 1.48. The number of anilines is 2. The minimum absolute atomic E-state index is 0.0751. The minimum atomic E-state index is -0.301. The quantitative estimate of drug-likeness (QED) is 0.914. The van der Waals surface area contributed by atoms with E-state index < -0.39 is 0 Å². The Morgan fingerprint density at radius 2 is 1.81 bits per heavy atom. The summed E-state index contributed by atoms with van der Waals surface area (Å²) in [5.74, 6) is 1.31. The summed E-state index contributed by atoms with van der Waals surface area (Å²) in [6.45, 7) is 1.02. The number of benzene rings is 2. The Morgan fingerprint density at radius 1 is 1.00 bits per heavy atom. The van der Waals surface area contributed by atoms with Gasteiger partial charge in [-0.25, -0.2) is 0 Å². The molecule has 2 amide bonds. The van der Waals surface area contributed by atoms with E-state index >= 15 is 0 Å². The third kappa shape index (κ3) is 3.28. The number of para-hydroxylation sites is 2. The monoisotopic (exact) mass is 354 g/mol. The molecule has 2 aliphatic rings. The van der Waals surface area contributed by atoms with E-state index in [9.17, 15) is 9.59 Å². The van der Waals surface area contributed by atoms with Crippen LogP contribution in [0.15, 0.2) is 42.5 Å². The second kappa shape index (κ2) is 6.95. The molecule has 0 radical (unpaired) electrons. The summed E-state index contributed by atoms with van der Waals surface area (Å²) in [5.41, 5.74) is 1.19. The molecule has 0 aliphatic carbocycles. The van der Waals surface area contributed by atoms with Crippen LogP contribution in [-0.4, -0.2) is 38.2 Å². The zero-order valence-corrected chi connectivity index (χ0v) is 14.1. The van der Waals surface area contributed by atoms with Gasteiger partial charge in [-0.1, -0.05) is 12.1 Å². The van der Waals surface area contributed by atoms with Crippen LogP contribution in [0.5, 0.6) is 17.2 Å². The van der Waals surface area contributed by atoms with Crippen LogP contribution in [0.25, 0.3) is 0 Å². The number of carbonyl (C=O) groups is 2.